The number of hydrogen-bond acceptors (Lipinski definition) is 3. The molecule has 0 saturated carbocycles. The average Bonchev–Trinajstić information content (AvgIpc) is 2.32. The van der Waals surface area contributed by atoms with Gasteiger partial charge in [-0.05, 0) is 45.8 Å². The van der Waals surface area contributed by atoms with E-state index in [4.69, 9.17) is 12.3 Å². The minimum atomic E-state index is -1.97. The summed E-state index contributed by atoms with van der Waals surface area (Å²) in [6.45, 7) is 33.0. The van der Waals surface area contributed by atoms with Gasteiger partial charge in [0, 0.05) is 0 Å². The Morgan fingerprint density at radius 2 is 0.900 bits per heavy atom. The number of rotatable bonds is 5. The van der Waals surface area contributed by atoms with Gasteiger partial charge in [0.05, 0.1) is 0 Å². The predicted octanol–water partition coefficient (Wildman–Crippen LogP) is 3.96. The predicted molar refractivity (Wildman–Crippen MR) is 105 cm³/mol. The first-order chi connectivity index (χ1) is 8.97. The Morgan fingerprint density at radius 3 is 1.10 bits per heavy atom. The minimum absolute atomic E-state index is 0.747. The van der Waals surface area contributed by atoms with Crippen LogP contribution in [0.5, 0.6) is 0 Å². The topological polar surface area (TPSA) is 27.7 Å². The second kappa shape index (κ2) is 13.9. The third-order valence-electron chi connectivity index (χ3n) is 1.54. The van der Waals surface area contributed by atoms with Crippen LogP contribution in [-0.4, -0.2) is 35.9 Å². The van der Waals surface area contributed by atoms with E-state index in [1.165, 1.54) is 0 Å². The molecule has 20 heavy (non-hydrogen) atoms. The minimum Gasteiger partial charge on any atom is -0.445 e. The third kappa shape index (κ3) is 23.1. The quantitative estimate of drug-likeness (QED) is 0.553. The first kappa shape index (κ1) is 28.2. The van der Waals surface area contributed by atoms with Crippen molar-refractivity contribution >= 4 is 35.9 Å². The van der Waals surface area contributed by atoms with E-state index in [9.17, 15) is 0 Å². The molecule has 0 atom stereocenters. The molecular formula is C13H36O3Si4. The van der Waals surface area contributed by atoms with Crippen LogP contribution < -0.4 is 0 Å². The zero-order valence-corrected chi connectivity index (χ0v) is 20.0. The molecule has 0 heterocycles. The Balaban J connectivity index is -0.000000187. The lowest BCUT2D eigenvalue weighted by Crippen LogP contribution is -2.52. The van der Waals surface area contributed by atoms with Crippen LogP contribution in [0.15, 0.2) is 39.5 Å². The van der Waals surface area contributed by atoms with Crippen molar-refractivity contribution in [2.45, 2.75) is 45.8 Å². The molecule has 7 heteroatoms. The van der Waals surface area contributed by atoms with Crippen molar-refractivity contribution in [3.8, 4) is 0 Å². The normalized spacial score (nSPS) is 10.9. The summed E-state index contributed by atoms with van der Waals surface area (Å²) >= 11 is 0. The summed E-state index contributed by atoms with van der Waals surface area (Å²) in [7, 11) is -4.61. The molecule has 0 saturated heterocycles. The molecule has 0 fully saturated rings. The second-order valence-electron chi connectivity index (χ2n) is 5.32. The van der Waals surface area contributed by atoms with Crippen LogP contribution >= 0.6 is 0 Å². The van der Waals surface area contributed by atoms with E-state index in [1.807, 2.05) is 0 Å². The van der Waals surface area contributed by atoms with Crippen molar-refractivity contribution in [1.82, 2.24) is 0 Å². The van der Waals surface area contributed by atoms with Gasteiger partial charge < -0.3 is 12.3 Å². The fourth-order valence-corrected chi connectivity index (χ4v) is 13.7. The number of hydrogen-bond donors (Lipinski definition) is 0. The Bertz CT molecular complexity index is 223. The van der Waals surface area contributed by atoms with E-state index >= 15 is 0 Å². The summed E-state index contributed by atoms with van der Waals surface area (Å²) in [4.78, 5) is 0. The summed E-state index contributed by atoms with van der Waals surface area (Å²) < 4.78 is 17.7. The highest BCUT2D eigenvalue weighted by atomic mass is 28.5. The zero-order valence-electron chi connectivity index (χ0n) is 15.0. The highest BCUT2D eigenvalue weighted by Gasteiger charge is 2.38. The fourth-order valence-electron chi connectivity index (χ4n) is 1.39. The van der Waals surface area contributed by atoms with Gasteiger partial charge in [-0.3, -0.25) is 0 Å². The second-order valence-corrected chi connectivity index (χ2v) is 18.4. The smallest absolute Gasteiger partial charge is 0.312 e. The molecule has 0 aliphatic heterocycles. The van der Waals surface area contributed by atoms with Gasteiger partial charge in [0.15, 0.2) is 8.32 Å². The van der Waals surface area contributed by atoms with Crippen LogP contribution in [-0.2, 0) is 12.3 Å². The van der Waals surface area contributed by atoms with E-state index in [0.717, 1.165) is 10.5 Å². The Kier molecular flexibility index (Phi) is 19.6. The summed E-state index contributed by atoms with van der Waals surface area (Å²) in [6, 6.07) is 0. The SMILES string of the molecule is C=C.C=C.C=C.C[Si](C)(C)O[Si](C)(C)O[Si](C)(C)O[SiH3]. The molecule has 0 bridgehead atoms. The van der Waals surface area contributed by atoms with Crippen molar-refractivity contribution in [2.24, 2.45) is 0 Å². The summed E-state index contributed by atoms with van der Waals surface area (Å²) in [5.74, 6) is 0. The first-order valence-electron chi connectivity index (χ1n) is 6.43. The van der Waals surface area contributed by atoms with E-state index < -0.39 is 25.4 Å². The lowest BCUT2D eigenvalue weighted by molar-refractivity contribution is 0.341. The largest absolute Gasteiger partial charge is 0.445 e. The van der Waals surface area contributed by atoms with Crippen molar-refractivity contribution in [1.29, 1.82) is 0 Å². The lowest BCUT2D eigenvalue weighted by Gasteiger charge is -2.36. The highest BCUT2D eigenvalue weighted by Crippen LogP contribution is 2.20. The van der Waals surface area contributed by atoms with Crippen molar-refractivity contribution in [2.75, 3.05) is 0 Å². The average molecular weight is 353 g/mol. The molecule has 0 aromatic carbocycles. The standard InChI is InChI=1S/C7H24O3Si4.3C2H4/c1-12(2,3)9-14(6,7)10-13(4,5)8-11;3*1-2/h1-7,11H3;3*1-2H2. The van der Waals surface area contributed by atoms with Crippen molar-refractivity contribution in [3.63, 3.8) is 0 Å². The summed E-state index contributed by atoms with van der Waals surface area (Å²) in [5, 5.41) is 0. The molecule has 0 aliphatic rings. The molecule has 3 nitrogen and oxygen atoms in total. The Morgan fingerprint density at radius 1 is 0.600 bits per heavy atom. The molecule has 0 aliphatic carbocycles. The van der Waals surface area contributed by atoms with E-state index in [1.54, 1.807) is 0 Å². The Labute approximate surface area is 133 Å². The van der Waals surface area contributed by atoms with Gasteiger partial charge in [0.1, 0.15) is 10.5 Å². The third-order valence-corrected chi connectivity index (χ3v) is 13.8. The maximum atomic E-state index is 6.09. The molecule has 0 radical (unpaired) electrons. The van der Waals surface area contributed by atoms with Crippen LogP contribution in [0, 0.1) is 0 Å². The van der Waals surface area contributed by atoms with Crippen LogP contribution in [0.3, 0.4) is 0 Å². The van der Waals surface area contributed by atoms with E-state index in [-0.39, 0.29) is 0 Å². The fraction of sp³-hybridized carbons (Fsp3) is 0.538. The first-order valence-corrected chi connectivity index (χ1v) is 16.3. The molecule has 0 unspecified atom stereocenters. The molecule has 0 aromatic rings. The van der Waals surface area contributed by atoms with Gasteiger partial charge >= 0.3 is 17.1 Å². The molecule has 0 aromatic heterocycles. The van der Waals surface area contributed by atoms with Gasteiger partial charge in [-0.15, -0.1) is 39.5 Å². The zero-order chi connectivity index (χ0) is 17.6. The van der Waals surface area contributed by atoms with Crippen LogP contribution in [0.25, 0.3) is 0 Å². The van der Waals surface area contributed by atoms with Gasteiger partial charge in [0.2, 0.25) is 0 Å². The Hall–Kier alpha value is -0.0325. The van der Waals surface area contributed by atoms with E-state index in [2.05, 4.69) is 85.3 Å². The molecule has 0 N–H and O–H groups in total. The van der Waals surface area contributed by atoms with Gasteiger partial charge in [-0.1, -0.05) is 0 Å². The van der Waals surface area contributed by atoms with Crippen LogP contribution in [0.1, 0.15) is 0 Å². The van der Waals surface area contributed by atoms with E-state index in [0.29, 0.717) is 0 Å². The van der Waals surface area contributed by atoms with Crippen molar-refractivity contribution in [3.05, 3.63) is 39.5 Å². The molecule has 0 spiro atoms. The highest BCUT2D eigenvalue weighted by molar-refractivity contribution is 6.86. The summed E-state index contributed by atoms with van der Waals surface area (Å²) in [6.07, 6.45) is 0. The van der Waals surface area contributed by atoms with Gasteiger partial charge in [-0.25, -0.2) is 0 Å². The molecule has 0 rings (SSSR count). The molecule has 122 valence electrons. The van der Waals surface area contributed by atoms with Crippen molar-refractivity contribution < 1.29 is 12.3 Å². The molecule has 0 amide bonds. The maximum Gasteiger partial charge on any atom is 0.312 e. The summed E-state index contributed by atoms with van der Waals surface area (Å²) in [5.41, 5.74) is 0. The van der Waals surface area contributed by atoms with Gasteiger partial charge in [0.25, 0.3) is 0 Å². The molecular weight excluding hydrogens is 316 g/mol. The van der Waals surface area contributed by atoms with Crippen LogP contribution in [0.4, 0.5) is 0 Å². The van der Waals surface area contributed by atoms with Crippen LogP contribution in [0.2, 0.25) is 45.8 Å². The lowest BCUT2D eigenvalue weighted by atomic mass is 11.3. The monoisotopic (exact) mass is 352 g/mol. The van der Waals surface area contributed by atoms with Gasteiger partial charge in [-0.2, -0.15) is 0 Å². The maximum absolute atomic E-state index is 6.09.